The number of aliphatic hydroxyl groups is 2. The lowest BCUT2D eigenvalue weighted by Gasteiger charge is -2.42. The Labute approximate surface area is 861 Å². The number of nitrogens with zero attached hydrogens (tertiary/aromatic N) is 7. The van der Waals surface area contributed by atoms with E-state index in [1.165, 1.54) is 70.4 Å². The second-order valence-corrected chi connectivity index (χ2v) is 42.7. The van der Waals surface area contributed by atoms with E-state index in [0.717, 1.165) is 91.3 Å². The number of carbonyl (C=O) groups excluding carboxylic acids is 9. The highest BCUT2D eigenvalue weighted by molar-refractivity contribution is 7.09. The molecule has 0 bridgehead atoms. The van der Waals surface area contributed by atoms with E-state index in [-0.39, 0.29) is 125 Å². The lowest BCUT2D eigenvalue weighted by molar-refractivity contribution is -0.154. The fourth-order valence-corrected chi connectivity index (χ4v) is 22.1. The van der Waals surface area contributed by atoms with Gasteiger partial charge in [-0.05, 0) is 161 Å². The molecule has 8 aromatic rings. The average molecular weight is 2020 g/mol. The summed E-state index contributed by atoms with van der Waals surface area (Å²) in [5.74, 6) is -5.25. The highest BCUT2D eigenvalue weighted by atomic mass is 32.1. The van der Waals surface area contributed by atoms with Gasteiger partial charge in [0.05, 0.1) is 94.1 Å². The maximum Gasteiger partial charge on any atom is 0.410 e. The zero-order chi connectivity index (χ0) is 104. The Kier molecular flexibility index (Phi) is 44.0. The van der Waals surface area contributed by atoms with E-state index in [9.17, 15) is 58.2 Å². The summed E-state index contributed by atoms with van der Waals surface area (Å²) >= 11 is 3.11. The smallest absolute Gasteiger partial charge is 0.410 e. The number of aromatic nitrogens is 2. The van der Waals surface area contributed by atoms with Gasteiger partial charge < -0.3 is 74.4 Å². The fraction of sp³-hybridized carbons (Fsp3) is 0.544. The molecule has 144 heavy (non-hydrogen) atoms. The largest absolute Gasteiger partial charge is 0.480 e. The van der Waals surface area contributed by atoms with E-state index < -0.39 is 118 Å². The number of carbonyl (C=O) groups is 10. The molecule has 0 radical (unpaired) electrons. The van der Waals surface area contributed by atoms with Gasteiger partial charge in [-0.25, -0.2) is 24.4 Å². The molecule has 2 fully saturated rings. The molecule has 786 valence electrons. The van der Waals surface area contributed by atoms with E-state index in [0.29, 0.717) is 45.2 Å². The van der Waals surface area contributed by atoms with Crippen molar-refractivity contribution < 1.29 is 91.7 Å². The van der Waals surface area contributed by atoms with E-state index in [4.69, 9.17) is 39.3 Å². The highest BCUT2D eigenvalue weighted by Crippen LogP contribution is 2.47. The van der Waals surface area contributed by atoms with Gasteiger partial charge in [-0.15, -0.1) is 22.7 Å². The van der Waals surface area contributed by atoms with Gasteiger partial charge in [-0.2, -0.15) is 0 Å². The van der Waals surface area contributed by atoms with Crippen LogP contribution in [0.4, 0.5) is 9.59 Å². The summed E-state index contributed by atoms with van der Waals surface area (Å²) < 4.78 is 35.3. The minimum absolute atomic E-state index is 0. The van der Waals surface area contributed by atoms with E-state index >= 15 is 0 Å². The number of likely N-dealkylation sites (N-methyl/N-ethyl adjacent to an activating group) is 3. The van der Waals surface area contributed by atoms with Crippen molar-refractivity contribution in [3.8, 4) is 22.3 Å². The SMILES string of the molecule is C.C.CC(C)(NC(=O)OCC1c2ccccc2-c2ccccc21)C(=O)O.CC[C@H](C)[C@@H]([C@@H](CC(=O)N1CCC[C@H]1[C@H](OC)[C@@H](C)C(=O)C[C@@H](Cc1ccccc1)c1nccs1)OC)N(C)C(=O)[C@@H](CC(=O)C(C)(C)N(C)C(=O)OCC1c2ccccc2-c2ccccc21)C(C)(C)O.CC[C@H](C)[C@@H]([C@@H](CC(=O)N1CCC[C@H]1[C@H](OC)[C@@H](C)C(=O)C[C@@H](Cc1ccccc1)c1nccs1)OC)N(C)C(=O)[C@@H](N)C(C)(C)O. The number of aliphatic carboxylic acids is 1. The first kappa shape index (κ1) is 118. The first-order chi connectivity index (χ1) is 67.4. The molecule has 2 saturated heterocycles. The van der Waals surface area contributed by atoms with Gasteiger partial charge >= 0.3 is 18.2 Å². The first-order valence-corrected chi connectivity index (χ1v) is 51.5. The molecule has 16 atom stereocenters. The van der Waals surface area contributed by atoms with Gasteiger partial charge in [0.25, 0.3) is 0 Å². The van der Waals surface area contributed by atoms with Gasteiger partial charge in [-0.1, -0.05) is 227 Å². The minimum atomic E-state index is -1.65. The Bertz CT molecular complexity index is 5410. The highest BCUT2D eigenvalue weighted by Gasteiger charge is 2.50. The number of ketones is 3. The molecule has 2 aliphatic carbocycles. The monoisotopic (exact) mass is 2020 g/mol. The lowest BCUT2D eigenvalue weighted by atomic mass is 9.80. The van der Waals surface area contributed by atoms with Crippen LogP contribution in [0.2, 0.25) is 0 Å². The molecule has 6 amide bonds. The number of rotatable bonds is 46. The van der Waals surface area contributed by atoms with Crippen molar-refractivity contribution in [2.75, 3.05) is 75.9 Å². The lowest BCUT2D eigenvalue weighted by Crippen LogP contribution is -2.59. The predicted molar refractivity (Wildman–Crippen MR) is 565 cm³/mol. The standard InChI is InChI=1S/C57H76N4O9S.C36H56N4O6S.C19H19NO4.2CH4/c1-12-36(2)51(48(68-10)34-50(64)61-29-20-27-46(61)52(69-11)37(3)47(62)32-39(53-58-28-30-71-53)31-38-21-14-13-15-22-38)59(8)54(65)45(57(6,7)67)33-49(63)56(4,5)60(9)55(66)70-35-44-42-25-18-16-23-40(42)41-24-17-19-26-43(41)44;1-9-23(2)31(39(6)35(43)33(37)36(4,5)44)29(45-7)22-30(42)40-18-13-16-27(40)32(46-8)24(3)28(41)21-26(34-38-17-19-47-34)20-25-14-11-10-12-15-25;1-19(2,17(21)22)20-18(23)24-11-16-14-9-5-3-7-12(14)13-8-4-6-10-15(13)16;;/h13-19,21-26,28,30,36-37,39,44-46,48,51-52,67H,12,20,27,29,31-35H2,1-11H3;10-12,14-15,17,19,23-24,26-27,29,31-33,44H,9,13,16,18,20-22,37H2,1-8H3;3-10,16H,11H2,1-2H3,(H,20,23)(H,21,22);2*1H4/t36-,37-,39+,45+,46-,48+,51-,52+;23-,24-,26+,27-,29+,31-,32+,33+;;;/m00.../s1. The van der Waals surface area contributed by atoms with Crippen molar-refractivity contribution >= 4 is 81.8 Å². The summed E-state index contributed by atoms with van der Waals surface area (Å²) in [4.78, 5) is 153. The quantitative estimate of drug-likeness (QED) is 0.0236. The molecule has 2 aromatic heterocycles. The Morgan fingerprint density at radius 3 is 1.19 bits per heavy atom. The van der Waals surface area contributed by atoms with E-state index in [1.807, 2.05) is 171 Å². The van der Waals surface area contributed by atoms with Crippen LogP contribution in [0.3, 0.4) is 0 Å². The Balaban J connectivity index is 0.000000296. The van der Waals surface area contributed by atoms with Crippen molar-refractivity contribution in [3.63, 3.8) is 0 Å². The molecule has 4 aliphatic rings. The van der Waals surface area contributed by atoms with Crippen LogP contribution in [0, 0.1) is 29.6 Å². The van der Waals surface area contributed by atoms with Crippen LogP contribution >= 0.6 is 22.7 Å². The molecule has 12 rings (SSSR count). The molecule has 0 saturated carbocycles. The van der Waals surface area contributed by atoms with Gasteiger partial charge in [0.2, 0.25) is 23.6 Å². The number of alkyl carbamates (subject to hydrolysis) is 1. The van der Waals surface area contributed by atoms with Crippen LogP contribution in [0.15, 0.2) is 181 Å². The van der Waals surface area contributed by atoms with Gasteiger partial charge in [-0.3, -0.25) is 38.5 Å². The molecule has 30 heteroatoms. The molecule has 0 spiro atoms. The maximum absolute atomic E-state index is 14.8. The molecule has 2 aliphatic heterocycles. The number of benzene rings is 6. The van der Waals surface area contributed by atoms with Crippen LogP contribution in [0.25, 0.3) is 22.3 Å². The molecular formula is C114H159N9O19S2. The predicted octanol–water partition coefficient (Wildman–Crippen LogP) is 18.5. The number of methoxy groups -OCH3 is 4. The van der Waals surface area contributed by atoms with Crippen molar-refractivity contribution in [3.05, 3.63) is 224 Å². The van der Waals surface area contributed by atoms with Gasteiger partial charge in [0.1, 0.15) is 36.4 Å². The Morgan fingerprint density at radius 1 is 0.493 bits per heavy atom. The van der Waals surface area contributed by atoms with Gasteiger partial charge in [0, 0.05) is 141 Å². The second-order valence-electron chi connectivity index (χ2n) is 40.8. The Hall–Kier alpha value is -10.8. The number of fused-ring (bicyclic) bond motifs is 6. The summed E-state index contributed by atoms with van der Waals surface area (Å²) in [6.45, 7) is 25.2. The second kappa shape index (κ2) is 53.5. The summed E-state index contributed by atoms with van der Waals surface area (Å²) in [7, 11) is 11.1. The third-order valence-electron chi connectivity index (χ3n) is 29.8. The molecule has 6 aromatic carbocycles. The van der Waals surface area contributed by atoms with Crippen LogP contribution in [-0.4, -0.2) is 262 Å². The van der Waals surface area contributed by atoms with Crippen molar-refractivity contribution in [1.82, 2.24) is 39.8 Å². The first-order valence-electron chi connectivity index (χ1n) is 49.7. The van der Waals surface area contributed by atoms with Crippen LogP contribution in [0.5, 0.6) is 0 Å². The molecule has 4 heterocycles. The molecular weight excluding hydrogens is 1860 g/mol. The number of hydrogen-bond acceptors (Lipinski definition) is 23. The fourth-order valence-electron chi connectivity index (χ4n) is 20.6. The molecule has 6 N–H and O–H groups in total. The zero-order valence-electron chi connectivity index (χ0n) is 86.6. The summed E-state index contributed by atoms with van der Waals surface area (Å²) in [5, 5.41) is 39.2. The zero-order valence-corrected chi connectivity index (χ0v) is 88.3. The van der Waals surface area contributed by atoms with E-state index in [2.05, 4.69) is 63.8 Å². The number of carboxylic acids is 1. The number of amides is 6. The normalized spacial score (nSPS) is 17.4. The topological polar surface area (TPSA) is 367 Å². The van der Waals surface area contributed by atoms with Crippen molar-refractivity contribution in [2.24, 2.45) is 35.3 Å². The number of hydrogen-bond donors (Lipinski definition) is 5. The summed E-state index contributed by atoms with van der Waals surface area (Å²) in [5.41, 5.74) is 11.4. The average Bonchev–Trinajstić information content (AvgIpc) is 1.60. The van der Waals surface area contributed by atoms with Crippen molar-refractivity contribution in [1.29, 1.82) is 0 Å². The van der Waals surface area contributed by atoms with Crippen LogP contribution < -0.4 is 11.1 Å². The number of thiazole rings is 2. The minimum Gasteiger partial charge on any atom is -0.480 e. The number of ether oxygens (including phenoxy) is 6. The van der Waals surface area contributed by atoms with Crippen molar-refractivity contribution in [2.45, 2.75) is 296 Å². The molecule has 28 nitrogen and oxygen atoms in total. The summed E-state index contributed by atoms with van der Waals surface area (Å²) in [6.07, 6.45) is 5.75. The van der Waals surface area contributed by atoms with Crippen LogP contribution in [0.1, 0.15) is 249 Å². The van der Waals surface area contributed by atoms with Crippen LogP contribution in [-0.2, 0) is 79.6 Å². The van der Waals surface area contributed by atoms with Gasteiger partial charge in [0.15, 0.2) is 5.78 Å². The third kappa shape index (κ3) is 29.2. The number of nitrogens with one attached hydrogen (secondary N) is 1. The summed E-state index contributed by atoms with van der Waals surface area (Å²) in [6, 6.07) is 49.6. The number of Topliss-reactive ketones (excluding diaryl/α,β-unsaturated/α-hetero) is 3. The Morgan fingerprint density at radius 2 is 0.854 bits per heavy atom. The maximum atomic E-state index is 14.8. The van der Waals surface area contributed by atoms with E-state index in [1.54, 1.807) is 84.3 Å². The number of likely N-dealkylation sites (tertiary alicyclic amines) is 2. The molecule has 0 unspecified atom stereocenters. The number of carboxylic acid groups (broad SMARTS) is 1. The third-order valence-corrected chi connectivity index (χ3v) is 31.7. The number of nitrogens with two attached hydrogens (primary N) is 1.